The minimum atomic E-state index is -0.115. The normalized spacial score (nSPS) is 49.1. The van der Waals surface area contributed by atoms with E-state index >= 15 is 0 Å². The van der Waals surface area contributed by atoms with Crippen LogP contribution in [0.3, 0.4) is 0 Å². The topological polar surface area (TPSA) is 43.4 Å². The van der Waals surface area contributed by atoms with E-state index in [1.54, 1.807) is 0 Å². The molecular weight excluding hydrogens is 380 g/mol. The van der Waals surface area contributed by atoms with E-state index in [1.165, 1.54) is 32.1 Å². The predicted molar refractivity (Wildman–Crippen MR) is 100 cm³/mol. The van der Waals surface area contributed by atoms with Gasteiger partial charge in [-0.15, -0.1) is 0 Å². The number of alkyl halides is 1. The van der Waals surface area contributed by atoms with Crippen LogP contribution in [0, 0.1) is 34.5 Å². The number of fused-ring (bicyclic) bond motifs is 5. The van der Waals surface area contributed by atoms with E-state index in [9.17, 15) is 9.59 Å². The van der Waals surface area contributed by atoms with Crippen molar-refractivity contribution in [3.05, 3.63) is 0 Å². The highest BCUT2D eigenvalue weighted by Crippen LogP contribution is 2.66. The molecule has 25 heavy (non-hydrogen) atoms. The zero-order valence-electron chi connectivity index (χ0n) is 15.6. The van der Waals surface area contributed by atoms with Crippen LogP contribution in [0.5, 0.6) is 0 Å². The molecule has 1 unspecified atom stereocenters. The highest BCUT2D eigenvalue weighted by Gasteiger charge is 2.61. The van der Waals surface area contributed by atoms with Crippen molar-refractivity contribution < 1.29 is 14.3 Å². The summed E-state index contributed by atoms with van der Waals surface area (Å²) >= 11 is 3.23. The summed E-state index contributed by atoms with van der Waals surface area (Å²) in [6, 6.07) is 0. The lowest BCUT2D eigenvalue weighted by atomic mass is 9.45. The standard InChI is InChI=1S/C21H31BrO3/c1-20-9-7-14(23)11-13(20)3-4-15-16-5-6-18(25-19(24)12-22)21(16,2)10-8-17(15)20/h13,15-18H,3-12H2,1-2H3/t13?,15-,16-,17-,18+,20-,21-/m0/s1. The Bertz CT molecular complexity index is 575. The first kappa shape index (κ1) is 18.0. The molecule has 0 N–H and O–H groups in total. The van der Waals surface area contributed by atoms with Crippen LogP contribution < -0.4 is 0 Å². The molecule has 4 aliphatic carbocycles. The van der Waals surface area contributed by atoms with Crippen LogP contribution in [-0.2, 0) is 14.3 Å². The fourth-order valence-corrected chi connectivity index (χ4v) is 7.51. The van der Waals surface area contributed by atoms with Gasteiger partial charge in [0, 0.05) is 18.3 Å². The van der Waals surface area contributed by atoms with Crippen LogP contribution in [0.25, 0.3) is 0 Å². The van der Waals surface area contributed by atoms with Crippen LogP contribution in [0.15, 0.2) is 0 Å². The van der Waals surface area contributed by atoms with E-state index in [1.807, 2.05) is 0 Å². The van der Waals surface area contributed by atoms with E-state index in [2.05, 4.69) is 29.8 Å². The lowest BCUT2D eigenvalue weighted by molar-refractivity contribution is -0.161. The SMILES string of the molecule is C[C@]12CC[C@H]3[C@@H](CCC4CC(=O)CC[C@@]43C)[C@@H]1CC[C@H]2OC(=O)CBr. The summed E-state index contributed by atoms with van der Waals surface area (Å²) in [6.07, 6.45) is 9.98. The lowest BCUT2D eigenvalue weighted by Crippen LogP contribution is -2.54. The fourth-order valence-electron chi connectivity index (χ4n) is 7.38. The molecule has 4 fully saturated rings. The molecule has 140 valence electrons. The van der Waals surface area contributed by atoms with Crippen LogP contribution >= 0.6 is 15.9 Å². The van der Waals surface area contributed by atoms with Gasteiger partial charge in [0.1, 0.15) is 17.2 Å². The summed E-state index contributed by atoms with van der Waals surface area (Å²) in [5.41, 5.74) is 0.523. The van der Waals surface area contributed by atoms with Crippen molar-refractivity contribution in [2.45, 2.75) is 77.7 Å². The number of Topliss-reactive ketones (excluding diaryl/α,β-unsaturated/α-hetero) is 1. The van der Waals surface area contributed by atoms with Crippen molar-refractivity contribution in [3.63, 3.8) is 0 Å². The van der Waals surface area contributed by atoms with Crippen molar-refractivity contribution >= 4 is 27.7 Å². The van der Waals surface area contributed by atoms with Gasteiger partial charge in [0.05, 0.1) is 0 Å². The predicted octanol–water partition coefficient (Wildman–Crippen LogP) is 4.90. The summed E-state index contributed by atoms with van der Waals surface area (Å²) in [4.78, 5) is 23.8. The monoisotopic (exact) mass is 410 g/mol. The zero-order chi connectivity index (χ0) is 17.8. The van der Waals surface area contributed by atoms with E-state index in [0.29, 0.717) is 28.4 Å². The number of esters is 1. The second-order valence-corrected chi connectivity index (χ2v) is 10.2. The third-order valence-corrected chi connectivity index (χ3v) is 9.24. The van der Waals surface area contributed by atoms with Crippen molar-refractivity contribution in [1.82, 2.24) is 0 Å². The van der Waals surface area contributed by atoms with Gasteiger partial charge >= 0.3 is 5.97 Å². The van der Waals surface area contributed by atoms with Crippen molar-refractivity contribution in [3.8, 4) is 0 Å². The number of halogens is 1. The van der Waals surface area contributed by atoms with Crippen LogP contribution in [-0.4, -0.2) is 23.2 Å². The first-order chi connectivity index (χ1) is 11.9. The first-order valence-corrected chi connectivity index (χ1v) is 11.3. The molecule has 0 amide bonds. The Morgan fingerprint density at radius 1 is 1.08 bits per heavy atom. The molecule has 0 spiro atoms. The Kier molecular flexibility index (Phi) is 4.57. The second-order valence-electron chi connectivity index (χ2n) is 9.63. The molecule has 7 atom stereocenters. The lowest BCUT2D eigenvalue weighted by Gasteiger charge is -2.60. The molecule has 0 aromatic carbocycles. The van der Waals surface area contributed by atoms with Gasteiger partial charge in [0.25, 0.3) is 0 Å². The number of hydrogen-bond acceptors (Lipinski definition) is 3. The quantitative estimate of drug-likeness (QED) is 0.479. The van der Waals surface area contributed by atoms with Gasteiger partial charge in [-0.3, -0.25) is 9.59 Å². The maximum atomic E-state index is 12.0. The Balaban J connectivity index is 1.56. The molecule has 4 aliphatic rings. The number of rotatable bonds is 2. The Morgan fingerprint density at radius 3 is 2.60 bits per heavy atom. The molecule has 4 heteroatoms. The average molecular weight is 411 g/mol. The molecule has 0 radical (unpaired) electrons. The van der Waals surface area contributed by atoms with E-state index < -0.39 is 0 Å². The second kappa shape index (κ2) is 6.35. The third-order valence-electron chi connectivity index (χ3n) is 8.78. The van der Waals surface area contributed by atoms with Crippen molar-refractivity contribution in [2.75, 3.05) is 5.33 Å². The molecule has 0 heterocycles. The smallest absolute Gasteiger partial charge is 0.316 e. The number of ether oxygens (including phenoxy) is 1. The van der Waals surface area contributed by atoms with E-state index in [-0.39, 0.29) is 17.5 Å². The van der Waals surface area contributed by atoms with E-state index in [4.69, 9.17) is 4.74 Å². The van der Waals surface area contributed by atoms with Gasteiger partial charge in [-0.2, -0.15) is 0 Å². The molecule has 0 aromatic heterocycles. The highest BCUT2D eigenvalue weighted by molar-refractivity contribution is 9.09. The molecule has 4 rings (SSSR count). The first-order valence-electron chi connectivity index (χ1n) is 10.2. The van der Waals surface area contributed by atoms with Gasteiger partial charge in [0.2, 0.25) is 0 Å². The van der Waals surface area contributed by atoms with Crippen LogP contribution in [0.2, 0.25) is 0 Å². The maximum Gasteiger partial charge on any atom is 0.316 e. The molecule has 0 aromatic rings. The summed E-state index contributed by atoms with van der Waals surface area (Å²) in [7, 11) is 0. The summed E-state index contributed by atoms with van der Waals surface area (Å²) in [5, 5.41) is 0.296. The van der Waals surface area contributed by atoms with Gasteiger partial charge in [-0.25, -0.2) is 0 Å². The number of carbonyl (C=O) groups is 2. The summed E-state index contributed by atoms with van der Waals surface area (Å²) in [6.45, 7) is 4.87. The van der Waals surface area contributed by atoms with Crippen LogP contribution in [0.1, 0.15) is 71.6 Å². The average Bonchev–Trinajstić information content (AvgIpc) is 2.92. The minimum absolute atomic E-state index is 0.0990. The van der Waals surface area contributed by atoms with Crippen molar-refractivity contribution in [2.24, 2.45) is 34.5 Å². The number of hydrogen-bond donors (Lipinski definition) is 0. The van der Waals surface area contributed by atoms with Gasteiger partial charge in [-0.1, -0.05) is 29.8 Å². The minimum Gasteiger partial charge on any atom is -0.461 e. The summed E-state index contributed by atoms with van der Waals surface area (Å²) < 4.78 is 5.83. The third kappa shape index (κ3) is 2.73. The molecule has 4 saturated carbocycles. The highest BCUT2D eigenvalue weighted by atomic mass is 79.9. The fraction of sp³-hybridized carbons (Fsp3) is 0.905. The van der Waals surface area contributed by atoms with Gasteiger partial charge < -0.3 is 4.74 Å². The zero-order valence-corrected chi connectivity index (χ0v) is 17.1. The van der Waals surface area contributed by atoms with Gasteiger partial charge in [-0.05, 0) is 74.0 Å². The Hall–Kier alpha value is -0.380. The molecule has 0 aliphatic heterocycles. The Labute approximate surface area is 159 Å². The Morgan fingerprint density at radius 2 is 1.84 bits per heavy atom. The molecule has 3 nitrogen and oxygen atoms in total. The van der Waals surface area contributed by atoms with Crippen molar-refractivity contribution in [1.29, 1.82) is 0 Å². The molecule has 0 bridgehead atoms. The van der Waals surface area contributed by atoms with Gasteiger partial charge in [0.15, 0.2) is 0 Å². The maximum absolute atomic E-state index is 12.0. The number of ketones is 1. The molecule has 0 saturated heterocycles. The van der Waals surface area contributed by atoms with Crippen LogP contribution in [0.4, 0.5) is 0 Å². The largest absolute Gasteiger partial charge is 0.461 e. The molecular formula is C21H31BrO3. The summed E-state index contributed by atoms with van der Waals surface area (Å²) in [5.74, 6) is 3.21. The van der Waals surface area contributed by atoms with E-state index in [0.717, 1.165) is 37.5 Å². The number of carbonyl (C=O) groups excluding carboxylic acids is 2.